The van der Waals surface area contributed by atoms with Gasteiger partial charge < -0.3 is 24.8 Å². The number of anilines is 1. The smallest absolute Gasteiger partial charge is 0.243 e. The number of nitrogens with zero attached hydrogens (tertiary/aromatic N) is 4. The number of halogens is 2. The van der Waals surface area contributed by atoms with E-state index in [1.54, 1.807) is 18.5 Å². The molecule has 1 fully saturated rings. The molecule has 3 aromatic heterocycles. The van der Waals surface area contributed by atoms with Gasteiger partial charge in [-0.15, -0.1) is 0 Å². The van der Waals surface area contributed by atoms with Crippen LogP contribution in [-0.4, -0.2) is 65.4 Å². The number of hydrogen-bond donors (Lipinski definition) is 2. The number of carbonyl (C=O) groups excluding carboxylic acids is 1. The number of hydrogen-bond acceptors (Lipinski definition) is 9. The molecule has 2 unspecified atom stereocenters. The van der Waals surface area contributed by atoms with Gasteiger partial charge in [0.1, 0.15) is 28.2 Å². The SMILES string of the molecule is C=CC(=O)NC1CCOCC1Nc1ncc2nc(-c3c(Cl)c(OC)cc(OC)c3Cl)c3ncccc3c2n1. The van der Waals surface area contributed by atoms with Crippen LogP contribution < -0.4 is 20.1 Å². The summed E-state index contributed by atoms with van der Waals surface area (Å²) in [5.41, 5.74) is 2.51. The summed E-state index contributed by atoms with van der Waals surface area (Å²) >= 11 is 13.4. The molecule has 2 N–H and O–H groups in total. The van der Waals surface area contributed by atoms with Crippen LogP contribution in [-0.2, 0) is 9.53 Å². The molecule has 1 amide bonds. The Morgan fingerprint density at radius 2 is 1.89 bits per heavy atom. The van der Waals surface area contributed by atoms with Gasteiger partial charge in [0.05, 0.1) is 54.7 Å². The zero-order valence-corrected chi connectivity index (χ0v) is 22.1. The molecule has 1 aliphatic heterocycles. The van der Waals surface area contributed by atoms with Crippen molar-refractivity contribution in [2.45, 2.75) is 18.5 Å². The standard InChI is InChI=1S/C26H24Cl2N6O4/c1-4-19(35)31-14-7-9-38-12-16(14)33-26-30-11-15-23(34-26)13-6-5-8-29-24(13)25(32-15)20-21(27)17(36-2)10-18(37-3)22(20)28/h4-6,8,10-11,14,16H,1,7,9,12H2,2-3H3,(H,31,35)(H,30,33,34). The van der Waals surface area contributed by atoms with Gasteiger partial charge in [-0.3, -0.25) is 9.78 Å². The highest BCUT2D eigenvalue weighted by atomic mass is 35.5. The van der Waals surface area contributed by atoms with Crippen LogP contribution in [0.3, 0.4) is 0 Å². The van der Waals surface area contributed by atoms with Crippen molar-refractivity contribution >= 4 is 57.0 Å². The van der Waals surface area contributed by atoms with Crippen LogP contribution in [0.2, 0.25) is 10.0 Å². The molecule has 38 heavy (non-hydrogen) atoms. The monoisotopic (exact) mass is 554 g/mol. The number of carbonyl (C=O) groups is 1. The lowest BCUT2D eigenvalue weighted by atomic mass is 10.0. The third kappa shape index (κ3) is 4.78. The molecule has 0 aliphatic carbocycles. The molecule has 0 saturated carbocycles. The van der Waals surface area contributed by atoms with Crippen molar-refractivity contribution in [2.24, 2.45) is 0 Å². The summed E-state index contributed by atoms with van der Waals surface area (Å²) in [5, 5.41) is 7.51. The van der Waals surface area contributed by atoms with Crippen LogP contribution in [0.1, 0.15) is 6.42 Å². The van der Waals surface area contributed by atoms with Crippen molar-refractivity contribution in [2.75, 3.05) is 32.8 Å². The number of amides is 1. The van der Waals surface area contributed by atoms with E-state index in [2.05, 4.69) is 27.2 Å². The maximum absolute atomic E-state index is 11.9. The van der Waals surface area contributed by atoms with Gasteiger partial charge in [-0.25, -0.2) is 15.0 Å². The van der Waals surface area contributed by atoms with Crippen molar-refractivity contribution in [3.05, 3.63) is 53.3 Å². The van der Waals surface area contributed by atoms with E-state index in [9.17, 15) is 4.79 Å². The minimum atomic E-state index is -0.247. The lowest BCUT2D eigenvalue weighted by Gasteiger charge is -2.32. The van der Waals surface area contributed by atoms with Crippen LogP contribution in [0, 0.1) is 0 Å². The van der Waals surface area contributed by atoms with Crippen LogP contribution in [0.15, 0.2) is 43.2 Å². The summed E-state index contributed by atoms with van der Waals surface area (Å²) in [4.78, 5) is 30.5. The summed E-state index contributed by atoms with van der Waals surface area (Å²) in [6.07, 6.45) is 5.16. The molecule has 4 aromatic rings. The summed E-state index contributed by atoms with van der Waals surface area (Å²) in [6, 6.07) is 4.92. The Balaban J connectivity index is 1.62. The largest absolute Gasteiger partial charge is 0.495 e. The Morgan fingerprint density at radius 3 is 2.61 bits per heavy atom. The second-order valence-electron chi connectivity index (χ2n) is 8.51. The topological polar surface area (TPSA) is 120 Å². The molecule has 5 rings (SSSR count). The molecule has 1 saturated heterocycles. The fourth-order valence-electron chi connectivity index (χ4n) is 4.41. The first-order chi connectivity index (χ1) is 18.4. The van der Waals surface area contributed by atoms with Gasteiger partial charge in [-0.1, -0.05) is 29.8 Å². The second-order valence-corrected chi connectivity index (χ2v) is 9.26. The minimum absolute atomic E-state index is 0.167. The summed E-state index contributed by atoms with van der Waals surface area (Å²) in [7, 11) is 3.02. The van der Waals surface area contributed by atoms with E-state index >= 15 is 0 Å². The number of benzene rings is 1. The number of aromatic nitrogens is 4. The van der Waals surface area contributed by atoms with E-state index in [-0.39, 0.29) is 28.0 Å². The average molecular weight is 555 g/mol. The highest BCUT2D eigenvalue weighted by Crippen LogP contribution is 2.47. The number of nitrogens with one attached hydrogen (secondary N) is 2. The van der Waals surface area contributed by atoms with E-state index in [4.69, 9.17) is 47.4 Å². The van der Waals surface area contributed by atoms with E-state index in [0.29, 0.717) is 64.9 Å². The fourth-order valence-corrected chi connectivity index (χ4v) is 5.09. The molecular formula is C26H24Cl2N6O4. The average Bonchev–Trinajstić information content (AvgIpc) is 2.94. The number of pyridine rings is 2. The predicted octanol–water partition coefficient (Wildman–Crippen LogP) is 4.44. The van der Waals surface area contributed by atoms with Crippen molar-refractivity contribution in [1.29, 1.82) is 0 Å². The Labute approximate surface area is 228 Å². The zero-order valence-electron chi connectivity index (χ0n) is 20.6. The van der Waals surface area contributed by atoms with Gasteiger partial charge in [0.2, 0.25) is 11.9 Å². The number of methoxy groups -OCH3 is 2. The lowest BCUT2D eigenvalue weighted by Crippen LogP contribution is -2.52. The van der Waals surface area contributed by atoms with E-state index in [0.717, 1.165) is 5.39 Å². The van der Waals surface area contributed by atoms with Gasteiger partial charge in [-0.05, 0) is 24.6 Å². The van der Waals surface area contributed by atoms with Gasteiger partial charge >= 0.3 is 0 Å². The first-order valence-corrected chi connectivity index (χ1v) is 12.5. The lowest BCUT2D eigenvalue weighted by molar-refractivity contribution is -0.117. The fraction of sp³-hybridized carbons (Fsp3) is 0.269. The van der Waals surface area contributed by atoms with Crippen LogP contribution in [0.4, 0.5) is 5.95 Å². The molecular weight excluding hydrogens is 531 g/mol. The normalized spacial score (nSPS) is 17.3. The summed E-state index contributed by atoms with van der Waals surface area (Å²) in [6.45, 7) is 4.46. The van der Waals surface area contributed by atoms with Gasteiger partial charge in [-0.2, -0.15) is 0 Å². The molecule has 196 valence electrons. The first-order valence-electron chi connectivity index (χ1n) is 11.7. The third-order valence-corrected chi connectivity index (χ3v) is 7.03. The van der Waals surface area contributed by atoms with Gasteiger partial charge in [0.15, 0.2) is 0 Å². The Morgan fingerprint density at radius 1 is 1.13 bits per heavy atom. The van der Waals surface area contributed by atoms with E-state index in [1.165, 1.54) is 20.3 Å². The molecule has 10 nitrogen and oxygen atoms in total. The number of rotatable bonds is 7. The number of fused-ring (bicyclic) bond motifs is 3. The highest BCUT2D eigenvalue weighted by molar-refractivity contribution is 6.41. The van der Waals surface area contributed by atoms with Gasteiger partial charge in [0, 0.05) is 29.8 Å². The van der Waals surface area contributed by atoms with Crippen LogP contribution in [0.5, 0.6) is 11.5 Å². The molecule has 1 aromatic carbocycles. The van der Waals surface area contributed by atoms with Crippen molar-refractivity contribution in [3.8, 4) is 22.8 Å². The quantitative estimate of drug-likeness (QED) is 0.252. The zero-order chi connectivity index (χ0) is 26.8. The van der Waals surface area contributed by atoms with Crippen LogP contribution >= 0.6 is 23.2 Å². The Bertz CT molecular complexity index is 1520. The van der Waals surface area contributed by atoms with Crippen molar-refractivity contribution in [3.63, 3.8) is 0 Å². The van der Waals surface area contributed by atoms with E-state index in [1.807, 2.05) is 12.1 Å². The minimum Gasteiger partial charge on any atom is -0.495 e. The van der Waals surface area contributed by atoms with E-state index < -0.39 is 0 Å². The molecule has 1 aliphatic rings. The molecule has 4 heterocycles. The molecule has 0 radical (unpaired) electrons. The summed E-state index contributed by atoms with van der Waals surface area (Å²) in [5.74, 6) is 0.892. The maximum atomic E-state index is 11.9. The Hall–Kier alpha value is -3.73. The molecule has 0 bridgehead atoms. The molecule has 12 heteroatoms. The van der Waals surface area contributed by atoms with Crippen molar-refractivity contribution in [1.82, 2.24) is 25.3 Å². The van der Waals surface area contributed by atoms with Crippen molar-refractivity contribution < 1.29 is 19.0 Å². The number of ether oxygens (including phenoxy) is 3. The summed E-state index contributed by atoms with van der Waals surface area (Å²) < 4.78 is 16.5. The maximum Gasteiger partial charge on any atom is 0.243 e. The third-order valence-electron chi connectivity index (χ3n) is 6.28. The predicted molar refractivity (Wildman–Crippen MR) is 146 cm³/mol. The molecule has 2 atom stereocenters. The highest BCUT2D eigenvalue weighted by Gasteiger charge is 2.28. The second kappa shape index (κ2) is 10.9. The van der Waals surface area contributed by atoms with Crippen LogP contribution in [0.25, 0.3) is 33.2 Å². The van der Waals surface area contributed by atoms with Gasteiger partial charge in [0.25, 0.3) is 0 Å². The Kier molecular flexibility index (Phi) is 7.46. The first kappa shape index (κ1) is 25.9. The molecule has 0 spiro atoms.